The second-order valence-corrected chi connectivity index (χ2v) is 3.43. The third kappa shape index (κ3) is 4.70. The minimum Gasteiger partial charge on any atom is -0.478 e. The molecule has 2 N–H and O–H groups in total. The minimum atomic E-state index is -1.38. The fourth-order valence-electron chi connectivity index (χ4n) is 1.20. The number of carboxylic acids is 2. The summed E-state index contributed by atoms with van der Waals surface area (Å²) in [6.07, 6.45) is 2.34. The molecule has 1 saturated heterocycles. The van der Waals surface area contributed by atoms with Crippen LogP contribution in [-0.2, 0) is 9.47 Å². The normalized spacial score (nSPS) is 14.2. The van der Waals surface area contributed by atoms with E-state index in [9.17, 15) is 14.4 Å². The summed E-state index contributed by atoms with van der Waals surface area (Å²) in [5.74, 6) is -3.24. The van der Waals surface area contributed by atoms with Crippen molar-refractivity contribution in [3.63, 3.8) is 0 Å². The van der Waals surface area contributed by atoms with Crippen LogP contribution in [0.25, 0.3) is 0 Å². The van der Waals surface area contributed by atoms with E-state index in [0.717, 1.165) is 25.2 Å². The van der Waals surface area contributed by atoms with Crippen LogP contribution in [0.15, 0.2) is 16.7 Å². The smallest absolute Gasteiger partial charge is 0.478 e. The molecule has 0 aliphatic carbocycles. The predicted molar refractivity (Wildman–Crippen MR) is 59.2 cm³/mol. The number of carbonyl (C=O) groups excluding carboxylic acids is 1. The van der Waals surface area contributed by atoms with E-state index >= 15 is 0 Å². The number of hydrogen-bond donors (Lipinski definition) is 2. The lowest BCUT2D eigenvalue weighted by Crippen LogP contribution is -2.03. The molecule has 0 spiro atoms. The first-order valence-corrected chi connectivity index (χ1v) is 5.36. The standard InChI is InChI=1S/C6H4O5.C5H8O3/c7-5(8)3-1-2-11-4(3)6(9)10;6-5-7-3-1-2-4-8-5/h1-2H,(H,7,8)(H,9,10);1-4H2. The third-order valence-electron chi connectivity index (χ3n) is 2.07. The molecule has 1 aliphatic heterocycles. The van der Waals surface area contributed by atoms with E-state index in [-0.39, 0.29) is 5.56 Å². The third-order valence-corrected chi connectivity index (χ3v) is 2.07. The molecule has 1 aromatic heterocycles. The molecule has 0 bridgehead atoms. The van der Waals surface area contributed by atoms with Gasteiger partial charge in [0.1, 0.15) is 5.56 Å². The summed E-state index contributed by atoms with van der Waals surface area (Å²) in [7, 11) is 0. The van der Waals surface area contributed by atoms with Crippen molar-refractivity contribution in [1.29, 1.82) is 0 Å². The first-order chi connectivity index (χ1) is 9.02. The Balaban J connectivity index is 0.000000200. The number of hydrogen-bond acceptors (Lipinski definition) is 6. The lowest BCUT2D eigenvalue weighted by atomic mass is 10.2. The predicted octanol–water partition coefficient (Wildman–Crippen LogP) is 1.61. The fourth-order valence-corrected chi connectivity index (χ4v) is 1.20. The van der Waals surface area contributed by atoms with Crippen LogP contribution in [0.4, 0.5) is 4.79 Å². The van der Waals surface area contributed by atoms with Crippen LogP contribution < -0.4 is 0 Å². The van der Waals surface area contributed by atoms with Crippen molar-refractivity contribution < 1.29 is 38.5 Å². The van der Waals surface area contributed by atoms with Crippen LogP contribution in [0, 0.1) is 0 Å². The SMILES string of the molecule is O=C(O)c1ccoc1C(=O)O.O=C1OCCCCO1. The summed E-state index contributed by atoms with van der Waals surface area (Å²) in [5, 5.41) is 16.7. The van der Waals surface area contributed by atoms with Gasteiger partial charge in [-0.3, -0.25) is 0 Å². The van der Waals surface area contributed by atoms with Gasteiger partial charge in [-0.2, -0.15) is 0 Å². The summed E-state index contributed by atoms with van der Waals surface area (Å²) >= 11 is 0. The quantitative estimate of drug-likeness (QED) is 0.778. The Labute approximate surface area is 107 Å². The zero-order valence-corrected chi connectivity index (χ0v) is 9.83. The second-order valence-electron chi connectivity index (χ2n) is 3.43. The summed E-state index contributed by atoms with van der Waals surface area (Å²) in [6.45, 7) is 1.03. The van der Waals surface area contributed by atoms with E-state index < -0.39 is 23.9 Å². The van der Waals surface area contributed by atoms with Crippen LogP contribution in [0.1, 0.15) is 33.8 Å². The van der Waals surface area contributed by atoms with E-state index in [1.165, 1.54) is 0 Å². The highest BCUT2D eigenvalue weighted by atomic mass is 16.7. The lowest BCUT2D eigenvalue weighted by Gasteiger charge is -1.94. The molecule has 0 radical (unpaired) electrons. The Kier molecular flexibility index (Phi) is 5.39. The summed E-state index contributed by atoms with van der Waals surface area (Å²) in [5.41, 5.74) is -0.336. The molecule has 1 fully saturated rings. The first-order valence-electron chi connectivity index (χ1n) is 5.36. The molecule has 8 heteroatoms. The molecule has 2 heterocycles. The maximum atomic E-state index is 10.3. The van der Waals surface area contributed by atoms with Gasteiger partial charge in [-0.15, -0.1) is 0 Å². The molecule has 0 aromatic carbocycles. The maximum Gasteiger partial charge on any atom is 0.508 e. The van der Waals surface area contributed by atoms with Crippen LogP contribution in [-0.4, -0.2) is 41.5 Å². The lowest BCUT2D eigenvalue weighted by molar-refractivity contribution is 0.0625. The molecule has 2 rings (SSSR count). The fraction of sp³-hybridized carbons (Fsp3) is 0.364. The molecule has 104 valence electrons. The largest absolute Gasteiger partial charge is 0.508 e. The van der Waals surface area contributed by atoms with E-state index in [1.54, 1.807) is 0 Å². The molecule has 0 amide bonds. The molecule has 8 nitrogen and oxygen atoms in total. The summed E-state index contributed by atoms with van der Waals surface area (Å²) in [6, 6.07) is 1.09. The number of aromatic carboxylic acids is 2. The second kappa shape index (κ2) is 7.04. The zero-order chi connectivity index (χ0) is 14.3. The Hall–Kier alpha value is -2.51. The van der Waals surface area contributed by atoms with Crippen molar-refractivity contribution in [2.24, 2.45) is 0 Å². The van der Waals surface area contributed by atoms with E-state index in [2.05, 4.69) is 13.9 Å². The van der Waals surface area contributed by atoms with Crippen molar-refractivity contribution in [1.82, 2.24) is 0 Å². The zero-order valence-electron chi connectivity index (χ0n) is 9.83. The van der Waals surface area contributed by atoms with Crippen molar-refractivity contribution in [3.8, 4) is 0 Å². The van der Waals surface area contributed by atoms with Crippen LogP contribution in [0.2, 0.25) is 0 Å². The van der Waals surface area contributed by atoms with Gasteiger partial charge in [0.25, 0.3) is 0 Å². The van der Waals surface area contributed by atoms with E-state index in [0.29, 0.717) is 13.2 Å². The molecule has 0 atom stereocenters. The summed E-state index contributed by atoms with van der Waals surface area (Å²) in [4.78, 5) is 30.7. The van der Waals surface area contributed by atoms with Gasteiger partial charge >= 0.3 is 18.1 Å². The number of furan rings is 1. The van der Waals surface area contributed by atoms with Gasteiger partial charge in [-0.05, 0) is 18.9 Å². The average molecular weight is 272 g/mol. The Morgan fingerprint density at radius 2 is 1.63 bits per heavy atom. The van der Waals surface area contributed by atoms with Crippen LogP contribution in [0.3, 0.4) is 0 Å². The van der Waals surface area contributed by atoms with E-state index in [1.807, 2.05) is 0 Å². The minimum absolute atomic E-state index is 0.336. The number of carbonyl (C=O) groups is 3. The van der Waals surface area contributed by atoms with Crippen molar-refractivity contribution in [2.75, 3.05) is 13.2 Å². The molecule has 1 aliphatic rings. The number of cyclic esters (lactones) is 2. The van der Waals surface area contributed by atoms with E-state index in [4.69, 9.17) is 10.2 Å². The van der Waals surface area contributed by atoms with Crippen LogP contribution >= 0.6 is 0 Å². The van der Waals surface area contributed by atoms with Crippen molar-refractivity contribution >= 4 is 18.1 Å². The highest BCUT2D eigenvalue weighted by Crippen LogP contribution is 2.09. The Morgan fingerprint density at radius 3 is 2.05 bits per heavy atom. The van der Waals surface area contributed by atoms with Crippen molar-refractivity contribution in [3.05, 3.63) is 23.7 Å². The molecule has 19 heavy (non-hydrogen) atoms. The van der Waals surface area contributed by atoms with Gasteiger partial charge in [0.2, 0.25) is 5.76 Å². The highest BCUT2D eigenvalue weighted by molar-refractivity contribution is 5.99. The molecule has 0 unspecified atom stereocenters. The average Bonchev–Trinajstić information content (AvgIpc) is 2.73. The van der Waals surface area contributed by atoms with Gasteiger partial charge < -0.3 is 24.1 Å². The van der Waals surface area contributed by atoms with Gasteiger partial charge in [0.05, 0.1) is 19.5 Å². The first kappa shape index (κ1) is 14.6. The summed E-state index contributed by atoms with van der Waals surface area (Å²) < 4.78 is 13.5. The number of ether oxygens (including phenoxy) is 2. The van der Waals surface area contributed by atoms with Gasteiger partial charge in [-0.1, -0.05) is 0 Å². The Bertz CT molecular complexity index is 423. The van der Waals surface area contributed by atoms with Gasteiger partial charge in [-0.25, -0.2) is 14.4 Å². The van der Waals surface area contributed by atoms with Gasteiger partial charge in [0, 0.05) is 0 Å². The molecule has 0 saturated carbocycles. The Morgan fingerprint density at radius 1 is 1.05 bits per heavy atom. The number of carboxylic acid groups (broad SMARTS) is 2. The topological polar surface area (TPSA) is 123 Å². The number of rotatable bonds is 2. The van der Waals surface area contributed by atoms with Crippen molar-refractivity contribution in [2.45, 2.75) is 12.8 Å². The molecular weight excluding hydrogens is 260 g/mol. The van der Waals surface area contributed by atoms with Crippen LogP contribution in [0.5, 0.6) is 0 Å². The van der Waals surface area contributed by atoms with Gasteiger partial charge in [0.15, 0.2) is 0 Å². The maximum absolute atomic E-state index is 10.3. The highest BCUT2D eigenvalue weighted by Gasteiger charge is 2.18. The monoisotopic (exact) mass is 272 g/mol. The molecular formula is C11H12O8. The molecule has 1 aromatic rings.